The van der Waals surface area contributed by atoms with Crippen LogP contribution in [0.5, 0.6) is 0 Å². The van der Waals surface area contributed by atoms with Gasteiger partial charge in [0.05, 0.1) is 5.25 Å². The van der Waals surface area contributed by atoms with Gasteiger partial charge in [0.25, 0.3) is 5.22 Å². The predicted octanol–water partition coefficient (Wildman–Crippen LogP) is 1.84. The molecule has 0 spiro atoms. The largest absolute Gasteiger partial charge is 0.415 e. The van der Waals surface area contributed by atoms with Gasteiger partial charge in [-0.15, -0.1) is 10.2 Å². The lowest BCUT2D eigenvalue weighted by Crippen LogP contribution is -2.43. The highest BCUT2D eigenvalue weighted by molar-refractivity contribution is 8.00. The van der Waals surface area contributed by atoms with Gasteiger partial charge in [0.1, 0.15) is 0 Å². The third kappa shape index (κ3) is 4.73. The maximum absolute atomic E-state index is 11.9. The van der Waals surface area contributed by atoms with E-state index in [1.807, 2.05) is 20.8 Å². The summed E-state index contributed by atoms with van der Waals surface area (Å²) in [6.45, 7) is 7.58. The van der Waals surface area contributed by atoms with E-state index in [-0.39, 0.29) is 17.4 Å². The summed E-state index contributed by atoms with van der Waals surface area (Å²) >= 11 is 1.13. The lowest BCUT2D eigenvalue weighted by atomic mass is 9.97. The van der Waals surface area contributed by atoms with Gasteiger partial charge in [-0.1, -0.05) is 32.5 Å². The van der Waals surface area contributed by atoms with Crippen LogP contribution in [0.1, 0.15) is 46.4 Å². The van der Waals surface area contributed by atoms with Crippen LogP contribution in [-0.2, 0) is 10.2 Å². The molecule has 3 amide bonds. The van der Waals surface area contributed by atoms with E-state index in [9.17, 15) is 9.59 Å². The molecule has 2 rings (SSSR count). The quantitative estimate of drug-likeness (QED) is 0.823. The predicted molar refractivity (Wildman–Crippen MR) is 78.0 cm³/mol. The fourth-order valence-electron chi connectivity index (χ4n) is 1.43. The summed E-state index contributed by atoms with van der Waals surface area (Å²) in [6, 6.07) is -0.234. The zero-order valence-electron chi connectivity index (χ0n) is 12.6. The van der Waals surface area contributed by atoms with Crippen LogP contribution in [0.25, 0.3) is 0 Å². The number of rotatable bonds is 4. The molecule has 116 valence electrons. The van der Waals surface area contributed by atoms with Gasteiger partial charge >= 0.3 is 6.03 Å². The number of carbonyl (C=O) groups excluding carboxylic acids is 2. The summed E-state index contributed by atoms with van der Waals surface area (Å²) in [5.41, 5.74) is -0.235. The first-order chi connectivity index (χ1) is 9.75. The van der Waals surface area contributed by atoms with Crippen LogP contribution in [-0.4, -0.2) is 33.4 Å². The van der Waals surface area contributed by atoms with Crippen LogP contribution in [0.4, 0.5) is 4.79 Å². The molecule has 1 unspecified atom stereocenters. The number of hydrogen-bond acceptors (Lipinski definition) is 6. The average Bonchev–Trinajstić information content (AvgIpc) is 3.03. The van der Waals surface area contributed by atoms with Crippen LogP contribution < -0.4 is 10.6 Å². The summed E-state index contributed by atoms with van der Waals surface area (Å²) in [4.78, 5) is 23.4. The van der Waals surface area contributed by atoms with Crippen molar-refractivity contribution in [3.8, 4) is 0 Å². The smallest absolute Gasteiger partial charge is 0.321 e. The van der Waals surface area contributed by atoms with E-state index in [2.05, 4.69) is 20.8 Å². The number of urea groups is 1. The van der Waals surface area contributed by atoms with Gasteiger partial charge in [0.2, 0.25) is 11.8 Å². The molecule has 8 heteroatoms. The molecule has 0 radical (unpaired) electrons. The first kappa shape index (κ1) is 15.8. The van der Waals surface area contributed by atoms with Crippen molar-refractivity contribution in [1.29, 1.82) is 0 Å². The van der Waals surface area contributed by atoms with Crippen LogP contribution in [0.3, 0.4) is 0 Å². The Kier molecular flexibility index (Phi) is 4.55. The molecule has 7 nitrogen and oxygen atoms in total. The highest BCUT2D eigenvalue weighted by Crippen LogP contribution is 2.27. The molecule has 1 aliphatic rings. The van der Waals surface area contributed by atoms with Gasteiger partial charge in [-0.25, -0.2) is 4.79 Å². The molecule has 0 saturated heterocycles. The second-order valence-corrected chi connectivity index (χ2v) is 7.41. The van der Waals surface area contributed by atoms with Crippen molar-refractivity contribution >= 4 is 23.7 Å². The Morgan fingerprint density at radius 1 is 1.33 bits per heavy atom. The molecule has 0 bridgehead atoms. The number of amides is 3. The maximum Gasteiger partial charge on any atom is 0.321 e. The van der Waals surface area contributed by atoms with E-state index in [0.29, 0.717) is 11.1 Å². The molecular weight excluding hydrogens is 292 g/mol. The number of nitrogens with zero attached hydrogens (tertiary/aromatic N) is 2. The van der Waals surface area contributed by atoms with Gasteiger partial charge < -0.3 is 9.73 Å². The Hall–Kier alpha value is -1.57. The summed E-state index contributed by atoms with van der Waals surface area (Å²) < 4.78 is 5.51. The zero-order valence-corrected chi connectivity index (χ0v) is 13.4. The minimum atomic E-state index is -0.497. The van der Waals surface area contributed by atoms with E-state index >= 15 is 0 Å². The van der Waals surface area contributed by atoms with Crippen molar-refractivity contribution in [2.45, 2.75) is 62.5 Å². The van der Waals surface area contributed by atoms with Gasteiger partial charge in [0, 0.05) is 11.5 Å². The lowest BCUT2D eigenvalue weighted by molar-refractivity contribution is -0.119. The Labute approximate surface area is 127 Å². The van der Waals surface area contributed by atoms with Crippen LogP contribution in [0.2, 0.25) is 0 Å². The Morgan fingerprint density at radius 2 is 2.00 bits per heavy atom. The number of nitrogens with one attached hydrogen (secondary N) is 2. The standard InChI is InChI=1S/C13H20N4O3S/c1-7(9(18)15-11(19)14-8-5-6-8)21-12-17-16-10(20-12)13(2,3)4/h7-8H,5-6H2,1-4H3,(H2,14,15,18,19). The maximum atomic E-state index is 11.9. The molecular formula is C13H20N4O3S. The number of carbonyl (C=O) groups is 2. The molecule has 0 aromatic carbocycles. The summed E-state index contributed by atoms with van der Waals surface area (Å²) in [5, 5.41) is 12.7. The van der Waals surface area contributed by atoms with Gasteiger partial charge in [0.15, 0.2) is 0 Å². The SMILES string of the molecule is CC(Sc1nnc(C(C)(C)C)o1)C(=O)NC(=O)NC1CC1. The number of imide groups is 1. The highest BCUT2D eigenvalue weighted by Gasteiger charge is 2.27. The van der Waals surface area contributed by atoms with Crippen molar-refractivity contribution in [1.82, 2.24) is 20.8 Å². The molecule has 1 heterocycles. The van der Waals surface area contributed by atoms with Crippen molar-refractivity contribution < 1.29 is 14.0 Å². The summed E-state index contributed by atoms with van der Waals surface area (Å²) in [7, 11) is 0. The zero-order chi connectivity index (χ0) is 15.6. The molecule has 1 fully saturated rings. The van der Waals surface area contributed by atoms with E-state index in [1.54, 1.807) is 6.92 Å². The number of aromatic nitrogens is 2. The van der Waals surface area contributed by atoms with Crippen LogP contribution >= 0.6 is 11.8 Å². The minimum Gasteiger partial charge on any atom is -0.415 e. The van der Waals surface area contributed by atoms with Crippen LogP contribution in [0.15, 0.2) is 9.64 Å². The Balaban J connectivity index is 1.85. The van der Waals surface area contributed by atoms with E-state index < -0.39 is 11.3 Å². The molecule has 1 aromatic heterocycles. The van der Waals surface area contributed by atoms with Crippen molar-refractivity contribution in [2.75, 3.05) is 0 Å². The van der Waals surface area contributed by atoms with Crippen LogP contribution in [0, 0.1) is 0 Å². The van der Waals surface area contributed by atoms with Gasteiger partial charge in [-0.2, -0.15) is 0 Å². The summed E-state index contributed by atoms with van der Waals surface area (Å²) in [6.07, 6.45) is 1.95. The third-order valence-electron chi connectivity index (χ3n) is 2.84. The molecule has 21 heavy (non-hydrogen) atoms. The second kappa shape index (κ2) is 6.05. The van der Waals surface area contributed by atoms with Gasteiger partial charge in [-0.05, 0) is 19.8 Å². The van der Waals surface area contributed by atoms with Crippen molar-refractivity contribution in [2.24, 2.45) is 0 Å². The molecule has 1 aliphatic carbocycles. The number of hydrogen-bond donors (Lipinski definition) is 2. The minimum absolute atomic E-state index is 0.214. The fraction of sp³-hybridized carbons (Fsp3) is 0.692. The monoisotopic (exact) mass is 312 g/mol. The highest BCUT2D eigenvalue weighted by atomic mass is 32.2. The first-order valence-corrected chi connectivity index (χ1v) is 7.75. The molecule has 1 aromatic rings. The lowest BCUT2D eigenvalue weighted by Gasteiger charge is -2.11. The van der Waals surface area contributed by atoms with Crippen molar-refractivity contribution in [3.63, 3.8) is 0 Å². The summed E-state index contributed by atoms with van der Waals surface area (Å²) in [5.74, 6) is 0.137. The van der Waals surface area contributed by atoms with Gasteiger partial charge in [-0.3, -0.25) is 10.1 Å². The van der Waals surface area contributed by atoms with E-state index in [4.69, 9.17) is 4.42 Å². The molecule has 2 N–H and O–H groups in total. The molecule has 1 atom stereocenters. The van der Waals surface area contributed by atoms with E-state index in [0.717, 1.165) is 24.6 Å². The topological polar surface area (TPSA) is 97.1 Å². The Morgan fingerprint density at radius 3 is 2.52 bits per heavy atom. The number of thioether (sulfide) groups is 1. The fourth-order valence-corrected chi connectivity index (χ4v) is 2.11. The third-order valence-corrected chi connectivity index (χ3v) is 3.78. The first-order valence-electron chi connectivity index (χ1n) is 6.87. The normalized spacial score (nSPS) is 16.4. The molecule has 1 saturated carbocycles. The molecule has 0 aliphatic heterocycles. The Bertz CT molecular complexity index is 534. The average molecular weight is 312 g/mol. The van der Waals surface area contributed by atoms with Crippen molar-refractivity contribution in [3.05, 3.63) is 5.89 Å². The second-order valence-electron chi connectivity index (χ2n) is 6.12. The van der Waals surface area contributed by atoms with E-state index in [1.165, 1.54) is 0 Å².